The van der Waals surface area contributed by atoms with Crippen LogP contribution in [0.5, 0.6) is 0 Å². The molecule has 2 atom stereocenters. The van der Waals surface area contributed by atoms with Crippen molar-refractivity contribution < 1.29 is 8.85 Å². The van der Waals surface area contributed by atoms with Gasteiger partial charge in [0.2, 0.25) is 0 Å². The van der Waals surface area contributed by atoms with E-state index < -0.39 is 18.1 Å². The Morgan fingerprint density at radius 3 is 1.70 bits per heavy atom. The maximum atomic E-state index is 5.65. The normalized spacial score (nSPS) is 36.6. The third-order valence-electron chi connectivity index (χ3n) is 1.85. The van der Waals surface area contributed by atoms with Crippen LogP contribution in [-0.4, -0.2) is 31.3 Å². The summed E-state index contributed by atoms with van der Waals surface area (Å²) in [6.45, 7) is 6.45. The molecule has 4 heteroatoms. The Labute approximate surface area is 66.0 Å². The number of hydrogen-bond acceptors (Lipinski definition) is 2. The van der Waals surface area contributed by atoms with Crippen LogP contribution in [0.4, 0.5) is 0 Å². The molecular formula is C6H16O2Si2. The van der Waals surface area contributed by atoms with Gasteiger partial charge in [-0.25, -0.2) is 0 Å². The summed E-state index contributed by atoms with van der Waals surface area (Å²) in [6.07, 6.45) is 0. The van der Waals surface area contributed by atoms with Gasteiger partial charge in [-0.1, -0.05) is 0 Å². The van der Waals surface area contributed by atoms with E-state index in [0.29, 0.717) is 0 Å². The van der Waals surface area contributed by atoms with Gasteiger partial charge in [0, 0.05) is 13.2 Å². The van der Waals surface area contributed by atoms with Gasteiger partial charge >= 0.3 is 0 Å². The summed E-state index contributed by atoms with van der Waals surface area (Å²) in [5, 5.41) is 0. The lowest BCUT2D eigenvalue weighted by molar-refractivity contribution is 0.283. The van der Waals surface area contributed by atoms with Crippen LogP contribution in [0.15, 0.2) is 0 Å². The molecular weight excluding hydrogens is 160 g/mol. The van der Waals surface area contributed by atoms with Crippen molar-refractivity contribution in [2.24, 2.45) is 0 Å². The molecule has 10 heavy (non-hydrogen) atoms. The molecule has 0 aromatic carbocycles. The first-order valence-electron chi connectivity index (χ1n) is 4.02. The maximum Gasteiger partial charge on any atom is 0.176 e. The van der Waals surface area contributed by atoms with E-state index in [1.165, 1.54) is 12.1 Å². The predicted molar refractivity (Wildman–Crippen MR) is 47.5 cm³/mol. The molecule has 1 saturated heterocycles. The highest BCUT2D eigenvalue weighted by molar-refractivity contribution is 6.52. The monoisotopic (exact) mass is 176 g/mol. The standard InChI is InChI=1S/C6H16O2Si2/c1-9-5-3-8-10(2)6-4-7-9/h9-10H,3-6H2,1-2H3. The van der Waals surface area contributed by atoms with Crippen molar-refractivity contribution in [3.8, 4) is 0 Å². The average molecular weight is 176 g/mol. The zero-order valence-corrected chi connectivity index (χ0v) is 9.11. The fraction of sp³-hybridized carbons (Fsp3) is 1.00. The molecule has 0 spiro atoms. The minimum atomic E-state index is -0.799. The molecule has 1 fully saturated rings. The molecule has 0 aromatic heterocycles. The smallest absolute Gasteiger partial charge is 0.176 e. The molecule has 0 saturated carbocycles. The van der Waals surface area contributed by atoms with Gasteiger partial charge in [0.15, 0.2) is 18.1 Å². The molecule has 0 aromatic rings. The van der Waals surface area contributed by atoms with Crippen LogP contribution in [0.25, 0.3) is 0 Å². The largest absolute Gasteiger partial charge is 0.420 e. The molecule has 0 amide bonds. The average Bonchev–Trinajstić information content (AvgIpc) is 1.84. The lowest BCUT2D eigenvalue weighted by Crippen LogP contribution is -2.26. The quantitative estimate of drug-likeness (QED) is 0.507. The van der Waals surface area contributed by atoms with Gasteiger partial charge in [0.05, 0.1) is 0 Å². The summed E-state index contributed by atoms with van der Waals surface area (Å²) in [4.78, 5) is 0. The molecule has 1 heterocycles. The van der Waals surface area contributed by atoms with Crippen LogP contribution >= 0.6 is 0 Å². The van der Waals surface area contributed by atoms with E-state index in [4.69, 9.17) is 8.85 Å². The molecule has 0 bridgehead atoms. The Bertz CT molecular complexity index is 79.7. The highest BCUT2D eigenvalue weighted by Gasteiger charge is 2.12. The first-order valence-corrected chi connectivity index (χ1v) is 8.91. The van der Waals surface area contributed by atoms with Crippen LogP contribution in [0.1, 0.15) is 0 Å². The number of rotatable bonds is 0. The summed E-state index contributed by atoms with van der Waals surface area (Å²) in [7, 11) is -1.60. The fourth-order valence-electron chi connectivity index (χ4n) is 1.04. The van der Waals surface area contributed by atoms with Crippen LogP contribution < -0.4 is 0 Å². The van der Waals surface area contributed by atoms with Gasteiger partial charge in [0.1, 0.15) is 0 Å². The van der Waals surface area contributed by atoms with E-state index in [0.717, 1.165) is 13.2 Å². The molecule has 1 aliphatic rings. The lowest BCUT2D eigenvalue weighted by Gasteiger charge is -2.19. The van der Waals surface area contributed by atoms with Crippen LogP contribution in [0, 0.1) is 0 Å². The van der Waals surface area contributed by atoms with Crippen molar-refractivity contribution in [1.29, 1.82) is 0 Å². The van der Waals surface area contributed by atoms with Crippen LogP contribution in [0.3, 0.4) is 0 Å². The van der Waals surface area contributed by atoms with E-state index in [1.807, 2.05) is 0 Å². The second-order valence-corrected chi connectivity index (χ2v) is 8.00. The molecule has 1 aliphatic heterocycles. The Balaban J connectivity index is 2.21. The second kappa shape index (κ2) is 4.28. The van der Waals surface area contributed by atoms with Crippen molar-refractivity contribution in [3.63, 3.8) is 0 Å². The zero-order chi connectivity index (χ0) is 7.40. The SMILES string of the molecule is C[SiH]1CCO[SiH](C)CCO1. The third kappa shape index (κ3) is 2.96. The lowest BCUT2D eigenvalue weighted by atomic mass is 10.9. The second-order valence-electron chi connectivity index (χ2n) is 2.94. The zero-order valence-electron chi connectivity index (χ0n) is 6.80. The van der Waals surface area contributed by atoms with Gasteiger partial charge in [-0.05, 0) is 25.2 Å². The van der Waals surface area contributed by atoms with Crippen molar-refractivity contribution in [1.82, 2.24) is 0 Å². The van der Waals surface area contributed by atoms with Crippen molar-refractivity contribution in [2.75, 3.05) is 13.2 Å². The molecule has 60 valence electrons. The molecule has 0 aliphatic carbocycles. The Morgan fingerprint density at radius 2 is 1.30 bits per heavy atom. The van der Waals surface area contributed by atoms with Crippen LogP contribution in [-0.2, 0) is 8.85 Å². The Kier molecular flexibility index (Phi) is 3.61. The first kappa shape index (κ1) is 8.45. The molecule has 2 unspecified atom stereocenters. The summed E-state index contributed by atoms with van der Waals surface area (Å²) >= 11 is 0. The van der Waals surface area contributed by atoms with E-state index >= 15 is 0 Å². The van der Waals surface area contributed by atoms with Gasteiger partial charge in [0.25, 0.3) is 0 Å². The van der Waals surface area contributed by atoms with Gasteiger partial charge in [-0.3, -0.25) is 0 Å². The van der Waals surface area contributed by atoms with E-state index in [-0.39, 0.29) is 0 Å². The Hall–Kier alpha value is 0.354. The van der Waals surface area contributed by atoms with E-state index in [9.17, 15) is 0 Å². The summed E-state index contributed by atoms with van der Waals surface area (Å²) < 4.78 is 11.3. The van der Waals surface area contributed by atoms with Crippen LogP contribution in [0.2, 0.25) is 25.2 Å². The summed E-state index contributed by atoms with van der Waals surface area (Å²) in [5.74, 6) is 0. The van der Waals surface area contributed by atoms with E-state index in [1.54, 1.807) is 0 Å². The van der Waals surface area contributed by atoms with Gasteiger partial charge in [-0.2, -0.15) is 0 Å². The molecule has 0 radical (unpaired) electrons. The van der Waals surface area contributed by atoms with Crippen molar-refractivity contribution in [2.45, 2.75) is 25.2 Å². The first-order chi connectivity index (χ1) is 4.79. The highest BCUT2D eigenvalue weighted by Crippen LogP contribution is 2.05. The minimum Gasteiger partial charge on any atom is -0.420 e. The van der Waals surface area contributed by atoms with Gasteiger partial charge in [-0.15, -0.1) is 0 Å². The number of hydrogen-bond donors (Lipinski definition) is 0. The predicted octanol–water partition coefficient (Wildman–Crippen LogP) is 0.740. The minimum absolute atomic E-state index is 0.799. The molecule has 1 rings (SSSR count). The molecule has 2 nitrogen and oxygen atoms in total. The maximum absolute atomic E-state index is 5.65. The highest BCUT2D eigenvalue weighted by atomic mass is 28.3. The topological polar surface area (TPSA) is 18.5 Å². The molecule has 0 N–H and O–H groups in total. The summed E-state index contributed by atoms with van der Waals surface area (Å²) in [6, 6.07) is 2.41. The van der Waals surface area contributed by atoms with Gasteiger partial charge < -0.3 is 8.85 Å². The Morgan fingerprint density at radius 1 is 0.900 bits per heavy atom. The summed E-state index contributed by atoms with van der Waals surface area (Å²) in [5.41, 5.74) is 0. The fourth-order valence-corrected chi connectivity index (χ4v) is 3.93. The van der Waals surface area contributed by atoms with E-state index in [2.05, 4.69) is 13.1 Å². The van der Waals surface area contributed by atoms with Crippen molar-refractivity contribution >= 4 is 18.1 Å². The third-order valence-corrected chi connectivity index (χ3v) is 5.56. The van der Waals surface area contributed by atoms with Crippen molar-refractivity contribution in [3.05, 3.63) is 0 Å².